The van der Waals surface area contributed by atoms with Crippen LogP contribution in [0.25, 0.3) is 22.2 Å². The van der Waals surface area contributed by atoms with E-state index >= 15 is 0 Å². The van der Waals surface area contributed by atoms with Crippen LogP contribution in [0.3, 0.4) is 0 Å². The molecule has 4 heterocycles. The summed E-state index contributed by atoms with van der Waals surface area (Å²) in [6.45, 7) is 3.68. The maximum absolute atomic E-state index is 5.85. The van der Waals surface area contributed by atoms with Crippen LogP contribution in [-0.2, 0) is 17.0 Å². The second kappa shape index (κ2) is 8.75. The summed E-state index contributed by atoms with van der Waals surface area (Å²) in [5.74, 6) is 2.21. The zero-order chi connectivity index (χ0) is 20.3. The summed E-state index contributed by atoms with van der Waals surface area (Å²) in [7, 11) is 0. The van der Waals surface area contributed by atoms with Gasteiger partial charge in [-0.25, -0.2) is 4.98 Å². The largest absolute Gasteiger partial charge is 0.461 e. The van der Waals surface area contributed by atoms with Gasteiger partial charge >= 0.3 is 0 Å². The number of hydrogen-bond acceptors (Lipinski definition) is 7. The van der Waals surface area contributed by atoms with Crippen molar-refractivity contribution >= 4 is 23.1 Å². The van der Waals surface area contributed by atoms with E-state index in [2.05, 4.69) is 51.3 Å². The number of thioether (sulfide) groups is 1. The number of hydrogen-bond donors (Lipinski definition) is 0. The second-order valence-electron chi connectivity index (χ2n) is 7.28. The van der Waals surface area contributed by atoms with Crippen molar-refractivity contribution in [3.8, 4) is 22.2 Å². The number of aryl methyl sites for hydroxylation is 1. The SMILES string of the molecule is Cc1ccccc1-c1nc(CSc2nnc(-c3ccco3)n2CC2CCCO2)cs1. The maximum Gasteiger partial charge on any atom is 0.200 e. The van der Waals surface area contributed by atoms with Gasteiger partial charge in [0.2, 0.25) is 5.82 Å². The molecule has 8 heteroatoms. The Morgan fingerprint density at radius 2 is 2.13 bits per heavy atom. The number of aromatic nitrogens is 4. The Bertz CT molecular complexity index is 1110. The minimum Gasteiger partial charge on any atom is -0.461 e. The lowest BCUT2D eigenvalue weighted by Crippen LogP contribution is -2.16. The van der Waals surface area contributed by atoms with Crippen LogP contribution >= 0.6 is 23.1 Å². The van der Waals surface area contributed by atoms with Crippen LogP contribution in [0.1, 0.15) is 24.1 Å². The number of nitrogens with zero attached hydrogens (tertiary/aromatic N) is 4. The molecule has 1 atom stereocenters. The van der Waals surface area contributed by atoms with Crippen molar-refractivity contribution in [2.24, 2.45) is 0 Å². The lowest BCUT2D eigenvalue weighted by Gasteiger charge is -2.13. The molecular weight excluding hydrogens is 416 g/mol. The molecule has 0 amide bonds. The standard InChI is InChI=1S/C22H22N4O2S2/c1-15-6-2-3-8-18(15)21-23-16(13-29-21)14-30-22-25-24-20(19-9-5-11-28-19)26(22)12-17-7-4-10-27-17/h2-3,5-6,8-9,11,13,17H,4,7,10,12,14H2,1H3. The molecule has 30 heavy (non-hydrogen) atoms. The van der Waals surface area contributed by atoms with E-state index in [1.165, 1.54) is 11.1 Å². The minimum atomic E-state index is 0.195. The second-order valence-corrected chi connectivity index (χ2v) is 9.08. The zero-order valence-corrected chi connectivity index (χ0v) is 18.3. The van der Waals surface area contributed by atoms with Crippen LogP contribution in [0.15, 0.2) is 57.6 Å². The van der Waals surface area contributed by atoms with E-state index in [4.69, 9.17) is 14.1 Å². The number of ether oxygens (including phenoxy) is 1. The third-order valence-electron chi connectivity index (χ3n) is 5.14. The monoisotopic (exact) mass is 438 g/mol. The molecule has 6 nitrogen and oxygen atoms in total. The quantitative estimate of drug-likeness (QED) is 0.358. The van der Waals surface area contributed by atoms with Gasteiger partial charge in [-0.1, -0.05) is 36.0 Å². The molecule has 0 saturated carbocycles. The smallest absolute Gasteiger partial charge is 0.200 e. The van der Waals surface area contributed by atoms with Gasteiger partial charge in [-0.2, -0.15) is 0 Å². The Labute approximate surface area is 183 Å². The highest BCUT2D eigenvalue weighted by Gasteiger charge is 2.23. The fourth-order valence-corrected chi connectivity index (χ4v) is 5.44. The summed E-state index contributed by atoms with van der Waals surface area (Å²) >= 11 is 3.33. The van der Waals surface area contributed by atoms with Gasteiger partial charge in [0.1, 0.15) is 5.01 Å². The van der Waals surface area contributed by atoms with E-state index in [1.807, 2.05) is 12.1 Å². The first-order valence-electron chi connectivity index (χ1n) is 10.00. The van der Waals surface area contributed by atoms with Gasteiger partial charge in [-0.3, -0.25) is 4.57 Å². The molecule has 0 radical (unpaired) electrons. The molecule has 4 aromatic rings. The van der Waals surface area contributed by atoms with Gasteiger partial charge in [0.05, 0.1) is 24.6 Å². The molecule has 0 bridgehead atoms. The molecule has 154 valence electrons. The molecule has 0 N–H and O–H groups in total. The maximum atomic E-state index is 5.85. The van der Waals surface area contributed by atoms with E-state index in [0.717, 1.165) is 59.2 Å². The molecule has 0 aliphatic carbocycles. The molecular formula is C22H22N4O2S2. The highest BCUT2D eigenvalue weighted by atomic mass is 32.2. The van der Waals surface area contributed by atoms with Gasteiger partial charge < -0.3 is 9.15 Å². The summed E-state index contributed by atoms with van der Waals surface area (Å²) in [5.41, 5.74) is 3.49. The van der Waals surface area contributed by atoms with Crippen molar-refractivity contribution < 1.29 is 9.15 Å². The van der Waals surface area contributed by atoms with Crippen LogP contribution in [-0.4, -0.2) is 32.5 Å². The highest BCUT2D eigenvalue weighted by Crippen LogP contribution is 2.31. The Morgan fingerprint density at radius 1 is 1.20 bits per heavy atom. The van der Waals surface area contributed by atoms with Crippen LogP contribution < -0.4 is 0 Å². The number of rotatable bonds is 7. The normalized spacial score (nSPS) is 16.4. The zero-order valence-electron chi connectivity index (χ0n) is 16.7. The van der Waals surface area contributed by atoms with Crippen LogP contribution in [0.5, 0.6) is 0 Å². The summed E-state index contributed by atoms with van der Waals surface area (Å²) in [6, 6.07) is 12.1. The average Bonchev–Trinajstić information content (AvgIpc) is 3.55. The number of thiazole rings is 1. The van der Waals surface area contributed by atoms with Gasteiger partial charge in [-0.15, -0.1) is 21.5 Å². The predicted octanol–water partition coefficient (Wildman–Crippen LogP) is 5.44. The molecule has 1 aromatic carbocycles. The topological polar surface area (TPSA) is 66.0 Å². The summed E-state index contributed by atoms with van der Waals surface area (Å²) < 4.78 is 13.6. The van der Waals surface area contributed by atoms with E-state index in [9.17, 15) is 0 Å². The summed E-state index contributed by atoms with van der Waals surface area (Å²) in [4.78, 5) is 4.84. The third-order valence-corrected chi connectivity index (χ3v) is 7.07. The van der Waals surface area contributed by atoms with E-state index in [-0.39, 0.29) is 6.10 Å². The lowest BCUT2D eigenvalue weighted by atomic mass is 10.1. The fraction of sp³-hybridized carbons (Fsp3) is 0.318. The van der Waals surface area contributed by atoms with Gasteiger partial charge in [0.25, 0.3) is 0 Å². The van der Waals surface area contributed by atoms with Crippen molar-refractivity contribution in [2.75, 3.05) is 6.61 Å². The van der Waals surface area contributed by atoms with E-state index in [0.29, 0.717) is 0 Å². The van der Waals surface area contributed by atoms with Gasteiger partial charge in [0, 0.05) is 23.3 Å². The van der Waals surface area contributed by atoms with Crippen LogP contribution in [0.2, 0.25) is 0 Å². The summed E-state index contributed by atoms with van der Waals surface area (Å²) in [5, 5.41) is 12.9. The van der Waals surface area contributed by atoms with Crippen molar-refractivity contribution in [3.63, 3.8) is 0 Å². The van der Waals surface area contributed by atoms with Crippen molar-refractivity contribution in [3.05, 3.63) is 59.3 Å². The molecule has 3 aromatic heterocycles. The van der Waals surface area contributed by atoms with Gasteiger partial charge in [0.15, 0.2) is 10.9 Å². The first kappa shape index (κ1) is 19.5. The van der Waals surface area contributed by atoms with Crippen LogP contribution in [0.4, 0.5) is 0 Å². The lowest BCUT2D eigenvalue weighted by molar-refractivity contribution is 0.0952. The summed E-state index contributed by atoms with van der Waals surface area (Å²) in [6.07, 6.45) is 4.02. The predicted molar refractivity (Wildman–Crippen MR) is 119 cm³/mol. The third kappa shape index (κ3) is 4.08. The van der Waals surface area contributed by atoms with Gasteiger partial charge in [-0.05, 0) is 37.5 Å². The van der Waals surface area contributed by atoms with Crippen molar-refractivity contribution in [1.82, 2.24) is 19.7 Å². The molecule has 1 aliphatic heterocycles. The first-order chi connectivity index (χ1) is 14.8. The highest BCUT2D eigenvalue weighted by molar-refractivity contribution is 7.98. The Kier molecular flexibility index (Phi) is 5.70. The molecule has 1 fully saturated rings. The Hall–Kier alpha value is -2.42. The minimum absolute atomic E-state index is 0.195. The van der Waals surface area contributed by atoms with Crippen molar-refractivity contribution in [2.45, 2.75) is 43.3 Å². The average molecular weight is 439 g/mol. The Morgan fingerprint density at radius 3 is 2.93 bits per heavy atom. The molecule has 1 aliphatic rings. The Balaban J connectivity index is 1.35. The molecule has 0 spiro atoms. The fourth-order valence-electron chi connectivity index (χ4n) is 3.59. The number of benzene rings is 1. The van der Waals surface area contributed by atoms with E-state index < -0.39 is 0 Å². The molecule has 5 rings (SSSR count). The number of furan rings is 1. The first-order valence-corrected chi connectivity index (χ1v) is 11.9. The van der Waals surface area contributed by atoms with Crippen molar-refractivity contribution in [1.29, 1.82) is 0 Å². The molecule has 1 saturated heterocycles. The molecule has 1 unspecified atom stereocenters. The van der Waals surface area contributed by atoms with E-state index in [1.54, 1.807) is 29.4 Å². The van der Waals surface area contributed by atoms with Crippen LogP contribution in [0, 0.1) is 6.92 Å².